The Morgan fingerprint density at radius 3 is 2.76 bits per heavy atom. The van der Waals surface area contributed by atoms with E-state index in [1.54, 1.807) is 13.8 Å². The van der Waals surface area contributed by atoms with Gasteiger partial charge in [-0.25, -0.2) is 0 Å². The predicted molar refractivity (Wildman–Crippen MR) is 68.0 cm³/mol. The van der Waals surface area contributed by atoms with E-state index in [2.05, 4.69) is 5.32 Å². The van der Waals surface area contributed by atoms with Gasteiger partial charge < -0.3 is 15.2 Å². The highest BCUT2D eigenvalue weighted by atomic mass is 35.5. The minimum Gasteiger partial charge on any atom is -0.361 e. The molecule has 3 nitrogen and oxygen atoms in total. The molecule has 0 radical (unpaired) electrons. The molecule has 1 heterocycles. The van der Waals surface area contributed by atoms with E-state index in [9.17, 15) is 5.11 Å². The van der Waals surface area contributed by atoms with Gasteiger partial charge in [0.1, 0.15) is 0 Å². The lowest BCUT2D eigenvalue weighted by Crippen LogP contribution is -2.63. The molecule has 94 valence electrons. The van der Waals surface area contributed by atoms with Crippen LogP contribution in [0.15, 0.2) is 24.3 Å². The van der Waals surface area contributed by atoms with Crippen molar-refractivity contribution in [3.05, 3.63) is 34.9 Å². The number of hydrogen-bond donors (Lipinski definition) is 2. The first kappa shape index (κ1) is 8.48. The molecule has 1 aromatic carbocycles. The van der Waals surface area contributed by atoms with Crippen LogP contribution in [0.2, 0.25) is 5.02 Å². The zero-order valence-corrected chi connectivity index (χ0v) is 10.5. The smallest absolute Gasteiger partial charge is 0.208 e. The van der Waals surface area contributed by atoms with Crippen molar-refractivity contribution in [3.63, 3.8) is 0 Å². The van der Waals surface area contributed by atoms with Crippen molar-refractivity contribution < 1.29 is 15.3 Å². The van der Waals surface area contributed by atoms with E-state index >= 15 is 0 Å². The Balaban J connectivity index is 2.56. The van der Waals surface area contributed by atoms with Crippen LogP contribution < -0.4 is 5.32 Å². The quantitative estimate of drug-likeness (QED) is 0.813. The second-order valence-electron chi connectivity index (χ2n) is 4.82. The van der Waals surface area contributed by atoms with Crippen LogP contribution in [-0.2, 0) is 10.5 Å². The van der Waals surface area contributed by atoms with Crippen LogP contribution in [0.5, 0.6) is 0 Å². The van der Waals surface area contributed by atoms with Crippen molar-refractivity contribution in [1.82, 2.24) is 5.32 Å². The molecular weight excluding hydrogens is 238 g/mol. The number of aliphatic hydroxyl groups is 1. The Hall–Kier alpha value is -0.610. The normalized spacial score (nSPS) is 40.9. The van der Waals surface area contributed by atoms with Crippen molar-refractivity contribution in [2.45, 2.75) is 38.0 Å². The lowest BCUT2D eigenvalue weighted by Gasteiger charge is -2.46. The lowest BCUT2D eigenvalue weighted by atomic mass is 9.93. The molecule has 1 saturated heterocycles. The summed E-state index contributed by atoms with van der Waals surface area (Å²) in [5.74, 6) is -2.31. The first-order valence-electron chi connectivity index (χ1n) is 7.33. The molecule has 0 spiro atoms. The molecule has 17 heavy (non-hydrogen) atoms. The molecule has 1 fully saturated rings. The third-order valence-electron chi connectivity index (χ3n) is 2.68. The number of rotatable bonds is 1. The SMILES string of the molecule is [2H]C([2H])([2H])[C@@]1([2H])NC(C)(C)CO[C@]1(O)c1ccc(Cl)cc1. The molecular formula is C13H18ClNO2. The van der Waals surface area contributed by atoms with Gasteiger partial charge in [0.05, 0.1) is 14.0 Å². The average Bonchev–Trinajstić information content (AvgIpc) is 2.33. The van der Waals surface area contributed by atoms with Crippen molar-refractivity contribution in [2.75, 3.05) is 6.61 Å². The predicted octanol–water partition coefficient (Wildman–Crippen LogP) is 2.27. The van der Waals surface area contributed by atoms with E-state index in [0.29, 0.717) is 5.02 Å². The number of hydrogen-bond acceptors (Lipinski definition) is 3. The molecule has 0 bridgehead atoms. The van der Waals surface area contributed by atoms with Gasteiger partial charge in [-0.2, -0.15) is 0 Å². The fourth-order valence-corrected chi connectivity index (χ4v) is 1.85. The van der Waals surface area contributed by atoms with E-state index in [1.807, 2.05) is 0 Å². The fraction of sp³-hybridized carbons (Fsp3) is 0.538. The van der Waals surface area contributed by atoms with Crippen LogP contribution in [0.1, 0.15) is 31.7 Å². The lowest BCUT2D eigenvalue weighted by molar-refractivity contribution is -0.263. The van der Waals surface area contributed by atoms with Gasteiger partial charge >= 0.3 is 0 Å². The summed E-state index contributed by atoms with van der Waals surface area (Å²) >= 11 is 5.81. The molecule has 0 aliphatic carbocycles. The fourth-order valence-electron chi connectivity index (χ4n) is 1.72. The summed E-state index contributed by atoms with van der Waals surface area (Å²) in [5.41, 5.74) is -0.588. The number of benzene rings is 1. The molecule has 0 aromatic heterocycles. The van der Waals surface area contributed by atoms with Gasteiger partial charge in [0.15, 0.2) is 0 Å². The first-order valence-corrected chi connectivity index (χ1v) is 5.71. The number of halogens is 1. The Bertz CT molecular complexity index is 534. The minimum absolute atomic E-state index is 0.0584. The van der Waals surface area contributed by atoms with Crippen LogP contribution in [-0.4, -0.2) is 23.3 Å². The Labute approximate surface area is 112 Å². The van der Waals surface area contributed by atoms with E-state index in [-0.39, 0.29) is 12.2 Å². The molecule has 0 saturated carbocycles. The zero-order chi connectivity index (χ0) is 16.1. The Morgan fingerprint density at radius 2 is 2.18 bits per heavy atom. The summed E-state index contributed by atoms with van der Waals surface area (Å²) in [4.78, 5) is 0. The maximum Gasteiger partial charge on any atom is 0.208 e. The minimum atomic E-state index is -2.81. The van der Waals surface area contributed by atoms with Crippen LogP contribution in [0.4, 0.5) is 0 Å². The van der Waals surface area contributed by atoms with E-state index in [4.69, 9.17) is 21.8 Å². The summed E-state index contributed by atoms with van der Waals surface area (Å²) in [6.07, 6.45) is 0. The van der Waals surface area contributed by atoms with Crippen molar-refractivity contribution in [2.24, 2.45) is 0 Å². The molecule has 2 rings (SSSR count). The summed E-state index contributed by atoms with van der Waals surface area (Å²) in [6, 6.07) is 3.53. The van der Waals surface area contributed by atoms with Gasteiger partial charge in [-0.05, 0) is 32.8 Å². The number of morpholine rings is 1. The number of nitrogens with one attached hydrogen (secondary N) is 1. The maximum atomic E-state index is 10.8. The van der Waals surface area contributed by atoms with Gasteiger partial charge in [0.25, 0.3) is 0 Å². The highest BCUT2D eigenvalue weighted by molar-refractivity contribution is 6.30. The average molecular weight is 260 g/mol. The van der Waals surface area contributed by atoms with Crippen LogP contribution in [0.3, 0.4) is 0 Å². The van der Waals surface area contributed by atoms with Gasteiger partial charge in [0, 0.05) is 20.2 Å². The highest BCUT2D eigenvalue weighted by Gasteiger charge is 2.44. The van der Waals surface area contributed by atoms with Crippen LogP contribution in [0, 0.1) is 0 Å². The van der Waals surface area contributed by atoms with Crippen molar-refractivity contribution in [3.8, 4) is 0 Å². The highest BCUT2D eigenvalue weighted by Crippen LogP contribution is 2.33. The topological polar surface area (TPSA) is 41.5 Å². The molecule has 1 aliphatic rings. The Kier molecular flexibility index (Phi) is 2.12. The Morgan fingerprint density at radius 1 is 1.53 bits per heavy atom. The van der Waals surface area contributed by atoms with E-state index < -0.39 is 24.2 Å². The molecule has 2 atom stereocenters. The molecule has 0 amide bonds. The second kappa shape index (κ2) is 4.25. The largest absolute Gasteiger partial charge is 0.361 e. The van der Waals surface area contributed by atoms with Crippen molar-refractivity contribution in [1.29, 1.82) is 0 Å². The summed E-state index contributed by atoms with van der Waals surface area (Å²) in [6.45, 7) is 0.675. The summed E-state index contributed by atoms with van der Waals surface area (Å²) in [7, 11) is 0. The molecule has 1 aromatic rings. The monoisotopic (exact) mass is 259 g/mol. The first-order chi connectivity index (χ1) is 9.41. The van der Waals surface area contributed by atoms with Crippen LogP contribution in [0.25, 0.3) is 0 Å². The van der Waals surface area contributed by atoms with Crippen molar-refractivity contribution >= 4 is 11.6 Å². The third-order valence-corrected chi connectivity index (χ3v) is 2.93. The van der Waals surface area contributed by atoms with Gasteiger partial charge in [-0.3, -0.25) is 0 Å². The standard InChI is InChI=1S/C13H18ClNO2/c1-9-13(16,17-8-12(2,3)15-9)10-4-6-11(14)7-5-10/h4-7,9,15-16H,8H2,1-3H3/t9-,13+/m1/s1/i1D3,9D. The molecule has 0 unspecified atom stereocenters. The van der Waals surface area contributed by atoms with Gasteiger partial charge in [-0.1, -0.05) is 23.7 Å². The maximum absolute atomic E-state index is 10.8. The molecule has 1 aliphatic heterocycles. The van der Waals surface area contributed by atoms with E-state index in [0.717, 1.165) is 0 Å². The molecule has 4 heteroatoms. The van der Waals surface area contributed by atoms with Crippen LogP contribution >= 0.6 is 11.6 Å². The third kappa shape index (κ3) is 2.47. The summed E-state index contributed by atoms with van der Waals surface area (Å²) < 4.78 is 36.8. The van der Waals surface area contributed by atoms with Gasteiger partial charge in [-0.15, -0.1) is 0 Å². The zero-order valence-electron chi connectivity index (χ0n) is 13.7. The number of ether oxygens (including phenoxy) is 1. The molecule has 2 N–H and O–H groups in total. The summed E-state index contributed by atoms with van der Waals surface area (Å²) in [5, 5.41) is 14.0. The van der Waals surface area contributed by atoms with E-state index in [1.165, 1.54) is 24.3 Å². The van der Waals surface area contributed by atoms with Gasteiger partial charge in [0.2, 0.25) is 5.79 Å². The second-order valence-corrected chi connectivity index (χ2v) is 5.26.